The molecular formula is C17H26N2. The highest BCUT2D eigenvalue weighted by atomic mass is 15.2. The van der Waals surface area contributed by atoms with Crippen LogP contribution in [0.25, 0.3) is 0 Å². The van der Waals surface area contributed by atoms with Crippen molar-refractivity contribution in [1.29, 1.82) is 0 Å². The van der Waals surface area contributed by atoms with Gasteiger partial charge < -0.3 is 5.32 Å². The van der Waals surface area contributed by atoms with Gasteiger partial charge in [-0.3, -0.25) is 4.90 Å². The van der Waals surface area contributed by atoms with Crippen LogP contribution in [0, 0.1) is 5.41 Å². The summed E-state index contributed by atoms with van der Waals surface area (Å²) in [5.74, 6) is 0. The summed E-state index contributed by atoms with van der Waals surface area (Å²) in [7, 11) is 0. The Balaban J connectivity index is 1.70. The summed E-state index contributed by atoms with van der Waals surface area (Å²) in [5.41, 5.74) is 3.43. The van der Waals surface area contributed by atoms with E-state index in [2.05, 4.69) is 48.3 Å². The first-order valence-electron chi connectivity index (χ1n) is 7.82. The van der Waals surface area contributed by atoms with Crippen LogP contribution in [0.15, 0.2) is 24.3 Å². The number of rotatable bonds is 3. The molecule has 0 aliphatic carbocycles. The summed E-state index contributed by atoms with van der Waals surface area (Å²) in [5, 5.41) is 3.61. The SMILES string of the molecule is CCC1(CC)CCN(C2CNc3ccccc3C2)C1. The van der Waals surface area contributed by atoms with Gasteiger partial charge in [0.15, 0.2) is 0 Å². The van der Waals surface area contributed by atoms with Crippen LogP contribution in [0.2, 0.25) is 0 Å². The minimum Gasteiger partial charge on any atom is -0.383 e. The molecule has 1 N–H and O–H groups in total. The normalized spacial score (nSPS) is 25.9. The molecule has 1 unspecified atom stereocenters. The lowest BCUT2D eigenvalue weighted by Crippen LogP contribution is -2.43. The van der Waals surface area contributed by atoms with Crippen molar-refractivity contribution in [2.75, 3.05) is 25.0 Å². The Bertz CT molecular complexity index is 437. The van der Waals surface area contributed by atoms with Crippen molar-refractivity contribution in [3.8, 4) is 0 Å². The molecule has 1 aromatic rings. The van der Waals surface area contributed by atoms with Gasteiger partial charge in [-0.15, -0.1) is 0 Å². The Hall–Kier alpha value is -1.02. The molecule has 2 heterocycles. The Kier molecular flexibility index (Phi) is 3.53. The quantitative estimate of drug-likeness (QED) is 0.892. The molecule has 2 heteroatoms. The molecule has 0 radical (unpaired) electrons. The summed E-state index contributed by atoms with van der Waals surface area (Å²) < 4.78 is 0. The molecule has 1 fully saturated rings. The highest BCUT2D eigenvalue weighted by Crippen LogP contribution is 2.38. The average Bonchev–Trinajstić information content (AvgIpc) is 2.92. The van der Waals surface area contributed by atoms with Crippen molar-refractivity contribution in [3.05, 3.63) is 29.8 Å². The third kappa shape index (κ3) is 2.38. The second-order valence-corrected chi connectivity index (χ2v) is 6.32. The van der Waals surface area contributed by atoms with E-state index in [-0.39, 0.29) is 0 Å². The monoisotopic (exact) mass is 258 g/mol. The molecule has 0 bridgehead atoms. The van der Waals surface area contributed by atoms with E-state index in [0.717, 1.165) is 6.54 Å². The molecule has 0 aromatic heterocycles. The van der Waals surface area contributed by atoms with E-state index in [0.29, 0.717) is 11.5 Å². The number of hydrogen-bond donors (Lipinski definition) is 1. The number of nitrogens with zero attached hydrogens (tertiary/aromatic N) is 1. The molecule has 0 amide bonds. The van der Waals surface area contributed by atoms with Crippen molar-refractivity contribution in [1.82, 2.24) is 4.90 Å². The minimum atomic E-state index is 0.594. The van der Waals surface area contributed by atoms with E-state index in [9.17, 15) is 0 Å². The van der Waals surface area contributed by atoms with Gasteiger partial charge in [0.2, 0.25) is 0 Å². The molecule has 104 valence electrons. The van der Waals surface area contributed by atoms with Crippen LogP contribution in [0.3, 0.4) is 0 Å². The first kappa shape index (κ1) is 13.0. The van der Waals surface area contributed by atoms with Crippen LogP contribution in [-0.4, -0.2) is 30.6 Å². The number of benzene rings is 1. The largest absolute Gasteiger partial charge is 0.383 e. The minimum absolute atomic E-state index is 0.594. The Morgan fingerprint density at radius 1 is 1.26 bits per heavy atom. The summed E-state index contributed by atoms with van der Waals surface area (Å²) in [6.07, 6.45) is 5.26. The summed E-state index contributed by atoms with van der Waals surface area (Å²) >= 11 is 0. The maximum absolute atomic E-state index is 3.61. The van der Waals surface area contributed by atoms with Crippen molar-refractivity contribution >= 4 is 5.69 Å². The molecule has 2 aliphatic heterocycles. The van der Waals surface area contributed by atoms with Gasteiger partial charge >= 0.3 is 0 Å². The molecule has 1 atom stereocenters. The number of hydrogen-bond acceptors (Lipinski definition) is 2. The number of fused-ring (bicyclic) bond motifs is 1. The Morgan fingerprint density at radius 3 is 2.79 bits per heavy atom. The number of para-hydroxylation sites is 1. The standard InChI is InChI=1S/C17H26N2/c1-3-17(4-2)9-10-19(13-17)15-11-14-7-5-6-8-16(14)18-12-15/h5-8,15,18H,3-4,9-13H2,1-2H3. The molecule has 1 saturated heterocycles. The van der Waals surface area contributed by atoms with Gasteiger partial charge in [-0.2, -0.15) is 0 Å². The fourth-order valence-electron chi connectivity index (χ4n) is 3.79. The van der Waals surface area contributed by atoms with Crippen LogP contribution in [0.1, 0.15) is 38.7 Å². The lowest BCUT2D eigenvalue weighted by Gasteiger charge is -2.35. The summed E-state index contributed by atoms with van der Waals surface area (Å²) in [4.78, 5) is 2.73. The number of anilines is 1. The predicted octanol–water partition coefficient (Wildman–Crippen LogP) is 3.54. The fourth-order valence-corrected chi connectivity index (χ4v) is 3.79. The Labute approximate surface area is 117 Å². The van der Waals surface area contributed by atoms with Crippen molar-refractivity contribution < 1.29 is 0 Å². The molecule has 0 spiro atoms. The van der Waals surface area contributed by atoms with E-state index >= 15 is 0 Å². The number of likely N-dealkylation sites (tertiary alicyclic amines) is 1. The van der Waals surface area contributed by atoms with Crippen LogP contribution >= 0.6 is 0 Å². The second kappa shape index (κ2) is 5.16. The van der Waals surface area contributed by atoms with E-state index in [1.54, 1.807) is 0 Å². The van der Waals surface area contributed by atoms with Crippen molar-refractivity contribution in [3.63, 3.8) is 0 Å². The average molecular weight is 258 g/mol. The van der Waals surface area contributed by atoms with Gasteiger partial charge in [-0.1, -0.05) is 32.0 Å². The first-order chi connectivity index (χ1) is 9.26. The fraction of sp³-hybridized carbons (Fsp3) is 0.647. The van der Waals surface area contributed by atoms with Gasteiger partial charge in [0.1, 0.15) is 0 Å². The van der Waals surface area contributed by atoms with E-state index in [1.807, 2.05) is 0 Å². The zero-order valence-corrected chi connectivity index (χ0v) is 12.3. The highest BCUT2D eigenvalue weighted by Gasteiger charge is 2.38. The van der Waals surface area contributed by atoms with Gasteiger partial charge in [0, 0.05) is 24.8 Å². The van der Waals surface area contributed by atoms with Crippen LogP contribution < -0.4 is 5.32 Å². The highest BCUT2D eigenvalue weighted by molar-refractivity contribution is 5.53. The van der Waals surface area contributed by atoms with E-state index < -0.39 is 0 Å². The van der Waals surface area contributed by atoms with Gasteiger partial charge in [-0.25, -0.2) is 0 Å². The first-order valence-corrected chi connectivity index (χ1v) is 7.82. The molecule has 3 rings (SSSR count). The third-order valence-corrected chi connectivity index (χ3v) is 5.49. The van der Waals surface area contributed by atoms with E-state index in [1.165, 1.54) is 50.0 Å². The molecule has 0 saturated carbocycles. The lowest BCUT2D eigenvalue weighted by molar-refractivity contribution is 0.196. The zero-order chi connectivity index (χ0) is 13.3. The summed E-state index contributed by atoms with van der Waals surface area (Å²) in [6, 6.07) is 9.46. The lowest BCUT2D eigenvalue weighted by atomic mass is 9.82. The van der Waals surface area contributed by atoms with Crippen molar-refractivity contribution in [2.45, 2.75) is 45.6 Å². The van der Waals surface area contributed by atoms with Gasteiger partial charge in [-0.05, 0) is 49.3 Å². The van der Waals surface area contributed by atoms with Crippen molar-refractivity contribution in [2.24, 2.45) is 5.41 Å². The predicted molar refractivity (Wildman–Crippen MR) is 81.6 cm³/mol. The maximum atomic E-state index is 3.61. The van der Waals surface area contributed by atoms with Gasteiger partial charge in [0.25, 0.3) is 0 Å². The third-order valence-electron chi connectivity index (χ3n) is 5.49. The molecule has 1 aromatic carbocycles. The molecule has 2 nitrogen and oxygen atoms in total. The maximum Gasteiger partial charge on any atom is 0.0373 e. The van der Waals surface area contributed by atoms with Crippen LogP contribution in [0.4, 0.5) is 5.69 Å². The van der Waals surface area contributed by atoms with E-state index in [4.69, 9.17) is 0 Å². The molecule has 2 aliphatic rings. The number of nitrogens with one attached hydrogen (secondary N) is 1. The Morgan fingerprint density at radius 2 is 2.05 bits per heavy atom. The molecular weight excluding hydrogens is 232 g/mol. The molecule has 19 heavy (non-hydrogen) atoms. The van der Waals surface area contributed by atoms with Gasteiger partial charge in [0.05, 0.1) is 0 Å². The van der Waals surface area contributed by atoms with Crippen LogP contribution in [-0.2, 0) is 6.42 Å². The summed E-state index contributed by atoms with van der Waals surface area (Å²) in [6.45, 7) is 8.42. The topological polar surface area (TPSA) is 15.3 Å². The second-order valence-electron chi connectivity index (χ2n) is 6.32. The zero-order valence-electron chi connectivity index (χ0n) is 12.3. The van der Waals surface area contributed by atoms with Crippen LogP contribution in [0.5, 0.6) is 0 Å². The smallest absolute Gasteiger partial charge is 0.0373 e.